The molecule has 172 valence electrons. The smallest absolute Gasteiger partial charge is 0.319 e. The van der Waals surface area contributed by atoms with E-state index < -0.39 is 16.1 Å². The van der Waals surface area contributed by atoms with Crippen LogP contribution < -0.4 is 15.5 Å². The molecule has 0 unspecified atom stereocenters. The minimum absolute atomic E-state index is 0.174. The monoisotopic (exact) mass is 486 g/mol. The van der Waals surface area contributed by atoms with Crippen molar-refractivity contribution in [1.29, 1.82) is 0 Å². The highest BCUT2D eigenvalue weighted by Gasteiger charge is 2.29. The number of benzene rings is 1. The molecule has 2 aromatic heterocycles. The second-order valence-corrected chi connectivity index (χ2v) is 9.74. The quantitative estimate of drug-likeness (QED) is 0.554. The van der Waals surface area contributed by atoms with Crippen LogP contribution >= 0.6 is 11.6 Å². The Balaban J connectivity index is 1.33. The summed E-state index contributed by atoms with van der Waals surface area (Å²) in [5.41, 5.74) is 1.37. The Bertz CT molecular complexity index is 1200. The van der Waals surface area contributed by atoms with Gasteiger partial charge in [-0.25, -0.2) is 18.2 Å². The summed E-state index contributed by atoms with van der Waals surface area (Å²) in [6.07, 6.45) is 5.00. The second-order valence-electron chi connectivity index (χ2n) is 7.39. The van der Waals surface area contributed by atoms with E-state index in [1.54, 1.807) is 48.9 Å². The van der Waals surface area contributed by atoms with Crippen molar-refractivity contribution in [3.8, 4) is 0 Å². The number of halogens is 1. The molecule has 2 amide bonds. The zero-order valence-corrected chi connectivity index (χ0v) is 19.3. The van der Waals surface area contributed by atoms with Gasteiger partial charge in [0.05, 0.1) is 9.92 Å². The molecule has 9 nitrogen and oxygen atoms in total. The number of nitrogens with one attached hydrogen (secondary N) is 2. The largest absolute Gasteiger partial charge is 0.353 e. The summed E-state index contributed by atoms with van der Waals surface area (Å²) in [6, 6.07) is 12.9. The zero-order chi connectivity index (χ0) is 23.3. The van der Waals surface area contributed by atoms with Gasteiger partial charge in [-0.05, 0) is 48.0 Å². The Hall–Kier alpha value is -3.21. The predicted octanol–water partition coefficient (Wildman–Crippen LogP) is 2.96. The molecule has 33 heavy (non-hydrogen) atoms. The predicted molar refractivity (Wildman–Crippen MR) is 127 cm³/mol. The Morgan fingerprint density at radius 2 is 1.73 bits per heavy atom. The number of hydrogen-bond acceptors (Lipinski definition) is 6. The molecular weight excluding hydrogens is 464 g/mol. The SMILES string of the molecule is O=C(NCc1cccnc1)Nc1ccc(S(=O)(=O)N2CCN(c3ncccc3Cl)CC2)cc1. The maximum atomic E-state index is 13.1. The summed E-state index contributed by atoms with van der Waals surface area (Å²) >= 11 is 6.21. The van der Waals surface area contributed by atoms with Gasteiger partial charge in [-0.3, -0.25) is 4.98 Å². The number of aromatic nitrogens is 2. The van der Waals surface area contributed by atoms with E-state index in [0.29, 0.717) is 49.3 Å². The lowest BCUT2D eigenvalue weighted by atomic mass is 10.3. The van der Waals surface area contributed by atoms with E-state index in [-0.39, 0.29) is 4.90 Å². The molecular formula is C22H23ClN6O3S. The minimum atomic E-state index is -3.65. The van der Waals surface area contributed by atoms with E-state index >= 15 is 0 Å². The number of sulfonamides is 1. The summed E-state index contributed by atoms with van der Waals surface area (Å²) in [5, 5.41) is 5.97. The van der Waals surface area contributed by atoms with E-state index in [2.05, 4.69) is 20.6 Å². The Morgan fingerprint density at radius 3 is 2.39 bits per heavy atom. The number of carbonyl (C=O) groups is 1. The zero-order valence-electron chi connectivity index (χ0n) is 17.7. The van der Waals surface area contributed by atoms with Crippen molar-refractivity contribution in [3.05, 3.63) is 77.7 Å². The van der Waals surface area contributed by atoms with Crippen LogP contribution in [-0.4, -0.2) is 54.9 Å². The molecule has 0 aliphatic carbocycles. The van der Waals surface area contributed by atoms with Crippen LogP contribution in [0.5, 0.6) is 0 Å². The number of hydrogen-bond donors (Lipinski definition) is 2. The van der Waals surface area contributed by atoms with Crippen LogP contribution in [0.25, 0.3) is 0 Å². The molecule has 3 aromatic rings. The summed E-state index contributed by atoms with van der Waals surface area (Å²) in [7, 11) is -3.65. The van der Waals surface area contributed by atoms with Crippen molar-refractivity contribution >= 4 is 39.2 Å². The molecule has 0 atom stereocenters. The fourth-order valence-electron chi connectivity index (χ4n) is 3.47. The Labute approximate surface area is 197 Å². The van der Waals surface area contributed by atoms with Crippen LogP contribution in [0.1, 0.15) is 5.56 Å². The minimum Gasteiger partial charge on any atom is -0.353 e. The van der Waals surface area contributed by atoms with Gasteiger partial charge in [0, 0.05) is 57.0 Å². The number of nitrogens with zero attached hydrogens (tertiary/aromatic N) is 4. The van der Waals surface area contributed by atoms with Gasteiger partial charge in [0.15, 0.2) is 0 Å². The molecule has 1 aliphatic rings. The van der Waals surface area contributed by atoms with Crippen LogP contribution in [0.2, 0.25) is 5.02 Å². The first-order valence-electron chi connectivity index (χ1n) is 10.3. The lowest BCUT2D eigenvalue weighted by molar-refractivity contribution is 0.251. The van der Waals surface area contributed by atoms with Gasteiger partial charge < -0.3 is 15.5 Å². The van der Waals surface area contributed by atoms with Crippen molar-refractivity contribution in [1.82, 2.24) is 19.6 Å². The number of amides is 2. The highest BCUT2D eigenvalue weighted by atomic mass is 35.5. The fourth-order valence-corrected chi connectivity index (χ4v) is 5.13. The van der Waals surface area contributed by atoms with E-state index in [1.807, 2.05) is 11.0 Å². The Morgan fingerprint density at radius 1 is 1.00 bits per heavy atom. The number of carbonyl (C=O) groups excluding carboxylic acids is 1. The summed E-state index contributed by atoms with van der Waals surface area (Å²) in [5.74, 6) is 0.661. The van der Waals surface area contributed by atoms with Gasteiger partial charge in [0.2, 0.25) is 10.0 Å². The molecule has 3 heterocycles. The van der Waals surface area contributed by atoms with Crippen molar-refractivity contribution in [2.24, 2.45) is 0 Å². The average Bonchev–Trinajstić information content (AvgIpc) is 2.84. The topological polar surface area (TPSA) is 108 Å². The van der Waals surface area contributed by atoms with Crippen LogP contribution in [0.4, 0.5) is 16.3 Å². The summed E-state index contributed by atoms with van der Waals surface area (Å²) in [4.78, 5) is 22.5. The molecule has 1 aromatic carbocycles. The first kappa shape index (κ1) is 23.0. The lowest BCUT2D eigenvalue weighted by Gasteiger charge is -2.35. The number of rotatable bonds is 6. The van der Waals surface area contributed by atoms with E-state index in [9.17, 15) is 13.2 Å². The molecule has 2 N–H and O–H groups in total. The molecule has 1 fully saturated rings. The highest BCUT2D eigenvalue weighted by molar-refractivity contribution is 7.89. The van der Waals surface area contributed by atoms with E-state index in [4.69, 9.17) is 11.6 Å². The lowest BCUT2D eigenvalue weighted by Crippen LogP contribution is -2.49. The summed E-state index contributed by atoms with van der Waals surface area (Å²) < 4.78 is 27.5. The van der Waals surface area contributed by atoms with Gasteiger partial charge in [0.1, 0.15) is 5.82 Å². The maximum Gasteiger partial charge on any atom is 0.319 e. The van der Waals surface area contributed by atoms with Gasteiger partial charge in [-0.15, -0.1) is 0 Å². The van der Waals surface area contributed by atoms with Gasteiger partial charge >= 0.3 is 6.03 Å². The van der Waals surface area contributed by atoms with E-state index in [0.717, 1.165) is 5.56 Å². The third-order valence-corrected chi connectivity index (χ3v) is 7.41. The van der Waals surface area contributed by atoms with Crippen molar-refractivity contribution in [2.75, 3.05) is 36.4 Å². The molecule has 0 radical (unpaired) electrons. The maximum absolute atomic E-state index is 13.1. The van der Waals surface area contributed by atoms with Gasteiger partial charge in [-0.1, -0.05) is 17.7 Å². The van der Waals surface area contributed by atoms with Crippen LogP contribution in [-0.2, 0) is 16.6 Å². The van der Waals surface area contributed by atoms with Crippen LogP contribution in [0.3, 0.4) is 0 Å². The molecule has 0 spiro atoms. The van der Waals surface area contributed by atoms with Gasteiger partial charge in [-0.2, -0.15) is 4.31 Å². The molecule has 1 aliphatic heterocycles. The number of anilines is 2. The second kappa shape index (κ2) is 10.2. The third-order valence-electron chi connectivity index (χ3n) is 5.20. The molecule has 11 heteroatoms. The average molecular weight is 487 g/mol. The van der Waals surface area contributed by atoms with Gasteiger partial charge in [0.25, 0.3) is 0 Å². The molecule has 0 saturated carbocycles. The highest BCUT2D eigenvalue weighted by Crippen LogP contribution is 2.25. The molecule has 4 rings (SSSR count). The Kier molecular flexibility index (Phi) is 7.07. The normalized spacial score (nSPS) is 14.6. The van der Waals surface area contributed by atoms with Crippen LogP contribution in [0.15, 0.2) is 72.0 Å². The third kappa shape index (κ3) is 5.59. The van der Waals surface area contributed by atoms with Crippen LogP contribution in [0, 0.1) is 0 Å². The van der Waals surface area contributed by atoms with Crippen molar-refractivity contribution < 1.29 is 13.2 Å². The van der Waals surface area contributed by atoms with E-state index in [1.165, 1.54) is 16.4 Å². The standard InChI is InChI=1S/C22H23ClN6O3S/c23-20-4-2-10-25-21(20)28-11-13-29(14-12-28)33(31,32)19-7-5-18(6-8-19)27-22(30)26-16-17-3-1-9-24-15-17/h1-10,15H,11-14,16H2,(H2,26,27,30). The van der Waals surface area contributed by atoms with Crippen molar-refractivity contribution in [3.63, 3.8) is 0 Å². The number of pyridine rings is 2. The summed E-state index contributed by atoms with van der Waals surface area (Å²) in [6.45, 7) is 1.97. The van der Waals surface area contributed by atoms with Crippen molar-refractivity contribution in [2.45, 2.75) is 11.4 Å². The number of piperazine rings is 1. The first-order valence-corrected chi connectivity index (χ1v) is 12.1. The number of urea groups is 1. The molecule has 0 bridgehead atoms. The first-order chi connectivity index (χ1) is 15.9. The fraction of sp³-hybridized carbons (Fsp3) is 0.227. The molecule has 1 saturated heterocycles.